The van der Waals surface area contributed by atoms with E-state index in [1.165, 1.54) is 0 Å². The van der Waals surface area contributed by atoms with Crippen molar-refractivity contribution in [2.24, 2.45) is 0 Å². The molecule has 0 aliphatic carbocycles. The molecule has 37 heavy (non-hydrogen) atoms. The first-order chi connectivity index (χ1) is 18.1. The number of benzene rings is 3. The second-order valence-corrected chi connectivity index (χ2v) is 10.2. The van der Waals surface area contributed by atoms with Crippen LogP contribution in [0.5, 0.6) is 0 Å². The number of carbonyl (C=O) groups is 1. The summed E-state index contributed by atoms with van der Waals surface area (Å²) in [5, 5.41) is 6.85. The van der Waals surface area contributed by atoms with Gasteiger partial charge in [0.2, 0.25) is 5.91 Å². The van der Waals surface area contributed by atoms with E-state index >= 15 is 0 Å². The van der Waals surface area contributed by atoms with E-state index in [1.54, 1.807) is 6.92 Å². The van der Waals surface area contributed by atoms with Gasteiger partial charge in [0.1, 0.15) is 12.2 Å². The van der Waals surface area contributed by atoms with Crippen molar-refractivity contribution in [2.45, 2.75) is 57.1 Å². The van der Waals surface area contributed by atoms with Gasteiger partial charge in [-0.25, -0.2) is 0 Å². The Kier molecular flexibility index (Phi) is 10.9. The molecule has 2 N–H and O–H groups in total. The molecule has 7 heteroatoms. The van der Waals surface area contributed by atoms with Crippen molar-refractivity contribution >= 4 is 28.5 Å². The molecule has 1 saturated heterocycles. The molecule has 1 aliphatic heterocycles. The molecular formula is C30H35IN2O4. The second-order valence-electron chi connectivity index (χ2n) is 9.28. The molecule has 3 aromatic rings. The predicted molar refractivity (Wildman–Crippen MR) is 153 cm³/mol. The number of alkyl halides is 1. The maximum absolute atomic E-state index is 12.2. The lowest BCUT2D eigenvalue weighted by molar-refractivity contribution is -0.148. The first-order valence-corrected chi connectivity index (χ1v) is 14.2. The molecule has 1 amide bonds. The Balaban J connectivity index is 1.56. The molecular weight excluding hydrogens is 579 g/mol. The van der Waals surface area contributed by atoms with E-state index in [2.05, 4.69) is 57.5 Å². The topological polar surface area (TPSA) is 68.8 Å². The lowest BCUT2D eigenvalue weighted by Crippen LogP contribution is -2.71. The molecule has 5 atom stereocenters. The summed E-state index contributed by atoms with van der Waals surface area (Å²) < 4.78 is 20.1. The number of rotatable bonds is 12. The van der Waals surface area contributed by atoms with Crippen LogP contribution in [-0.2, 0) is 38.8 Å². The third-order valence-corrected chi connectivity index (χ3v) is 7.40. The van der Waals surface area contributed by atoms with Crippen LogP contribution in [0.15, 0.2) is 91.0 Å². The predicted octanol–water partition coefficient (Wildman–Crippen LogP) is 4.65. The Labute approximate surface area is 233 Å². The quantitative estimate of drug-likeness (QED) is 0.230. The minimum Gasteiger partial charge on any atom is -0.375 e. The highest BCUT2D eigenvalue weighted by Gasteiger charge is 2.46. The molecule has 0 spiro atoms. The number of carbonyl (C=O) groups excluding carboxylic acids is 1. The molecule has 0 aromatic heterocycles. The Bertz CT molecular complexity index is 1070. The Morgan fingerprint density at radius 1 is 0.757 bits per heavy atom. The van der Waals surface area contributed by atoms with Gasteiger partial charge in [0.15, 0.2) is 0 Å². The zero-order valence-electron chi connectivity index (χ0n) is 21.1. The second kappa shape index (κ2) is 14.6. The van der Waals surface area contributed by atoms with Gasteiger partial charge in [0.25, 0.3) is 0 Å². The number of piperidine rings is 1. The summed E-state index contributed by atoms with van der Waals surface area (Å²) >= 11 is 2.36. The lowest BCUT2D eigenvalue weighted by atomic mass is 9.88. The normalized spacial score (nSPS) is 23.5. The van der Waals surface area contributed by atoms with Crippen LogP contribution in [0, 0.1) is 0 Å². The maximum atomic E-state index is 12.2. The van der Waals surface area contributed by atoms with Gasteiger partial charge in [-0.3, -0.25) is 4.79 Å². The van der Waals surface area contributed by atoms with Gasteiger partial charge in [0.05, 0.1) is 38.5 Å². The van der Waals surface area contributed by atoms with Gasteiger partial charge in [-0.2, -0.15) is 0 Å². The molecule has 3 aromatic carbocycles. The highest BCUT2D eigenvalue weighted by atomic mass is 127. The zero-order chi connectivity index (χ0) is 25.9. The minimum atomic E-state index is -0.362. The largest absolute Gasteiger partial charge is 0.375 e. The van der Waals surface area contributed by atoms with Gasteiger partial charge < -0.3 is 24.8 Å². The number of amides is 1. The third-order valence-electron chi connectivity index (χ3n) is 6.45. The van der Waals surface area contributed by atoms with Gasteiger partial charge in [0, 0.05) is 17.4 Å². The monoisotopic (exact) mass is 614 g/mol. The Morgan fingerprint density at radius 3 is 1.73 bits per heavy atom. The first-order valence-electron chi connectivity index (χ1n) is 12.7. The van der Waals surface area contributed by atoms with Crippen LogP contribution in [0.3, 0.4) is 0 Å². The van der Waals surface area contributed by atoms with E-state index in [-0.39, 0.29) is 36.2 Å². The summed E-state index contributed by atoms with van der Waals surface area (Å²) in [6.07, 6.45) is -0.699. The van der Waals surface area contributed by atoms with Crippen LogP contribution in [0.2, 0.25) is 0 Å². The molecule has 0 radical (unpaired) electrons. The Hall–Kier alpha value is -2.30. The lowest BCUT2D eigenvalue weighted by Gasteiger charge is -2.47. The number of hydrogen-bond acceptors (Lipinski definition) is 5. The summed E-state index contributed by atoms with van der Waals surface area (Å²) in [5.41, 5.74) is 3.28. The van der Waals surface area contributed by atoms with Crippen molar-refractivity contribution < 1.29 is 19.0 Å². The SMILES string of the molecule is CC(=O)N[C@@H]1[C@@H](OCc2ccccc2)[C@H](OCc2ccccc2)[C@@H](COCc2ccccc2)N[C@@H]1CI. The molecule has 1 heterocycles. The van der Waals surface area contributed by atoms with Crippen molar-refractivity contribution in [1.29, 1.82) is 0 Å². The van der Waals surface area contributed by atoms with Crippen LogP contribution < -0.4 is 10.6 Å². The summed E-state index contributed by atoms with van der Waals surface area (Å²) in [6.45, 7) is 3.39. The number of ether oxygens (including phenoxy) is 3. The summed E-state index contributed by atoms with van der Waals surface area (Å²) in [6, 6.07) is 30.0. The smallest absolute Gasteiger partial charge is 0.217 e. The highest BCUT2D eigenvalue weighted by molar-refractivity contribution is 14.1. The summed E-state index contributed by atoms with van der Waals surface area (Å²) in [5.74, 6) is -0.0875. The molecule has 0 bridgehead atoms. The third kappa shape index (κ3) is 8.35. The molecule has 1 fully saturated rings. The van der Waals surface area contributed by atoms with Crippen LogP contribution in [0.1, 0.15) is 23.6 Å². The average Bonchev–Trinajstić information content (AvgIpc) is 2.93. The van der Waals surface area contributed by atoms with Crippen molar-refractivity contribution in [1.82, 2.24) is 10.6 Å². The summed E-state index contributed by atoms with van der Waals surface area (Å²) in [4.78, 5) is 12.2. The molecule has 196 valence electrons. The van der Waals surface area contributed by atoms with Crippen molar-refractivity contribution in [3.63, 3.8) is 0 Å². The zero-order valence-corrected chi connectivity index (χ0v) is 23.3. The van der Waals surface area contributed by atoms with Gasteiger partial charge in [-0.1, -0.05) is 114 Å². The van der Waals surface area contributed by atoms with Gasteiger partial charge >= 0.3 is 0 Å². The molecule has 0 saturated carbocycles. The van der Waals surface area contributed by atoms with Crippen molar-refractivity contribution in [3.8, 4) is 0 Å². The first kappa shape index (κ1) is 27.7. The minimum absolute atomic E-state index is 0.00664. The van der Waals surface area contributed by atoms with Gasteiger partial charge in [-0.05, 0) is 16.7 Å². The van der Waals surface area contributed by atoms with E-state index in [0.717, 1.165) is 21.1 Å². The van der Waals surface area contributed by atoms with Crippen LogP contribution >= 0.6 is 22.6 Å². The standard InChI is InChI=1S/C30H35IN2O4/c1-22(34)32-28-26(17-31)33-27(21-35-18-23-11-5-2-6-12-23)29(36-19-24-13-7-3-8-14-24)30(28)37-20-25-15-9-4-10-16-25/h2-16,26-30,33H,17-21H2,1H3,(H,32,34)/t26-,27-,28+,29-,30-/m1/s1. The summed E-state index contributed by atoms with van der Waals surface area (Å²) in [7, 11) is 0. The molecule has 6 nitrogen and oxygen atoms in total. The fraction of sp³-hybridized carbons (Fsp3) is 0.367. The van der Waals surface area contributed by atoms with E-state index in [1.807, 2.05) is 66.7 Å². The number of halogens is 1. The molecule has 0 unspecified atom stereocenters. The van der Waals surface area contributed by atoms with Crippen LogP contribution in [0.25, 0.3) is 0 Å². The maximum Gasteiger partial charge on any atom is 0.217 e. The molecule has 1 aliphatic rings. The highest BCUT2D eigenvalue weighted by Crippen LogP contribution is 2.26. The van der Waals surface area contributed by atoms with E-state index in [0.29, 0.717) is 26.4 Å². The van der Waals surface area contributed by atoms with Crippen molar-refractivity contribution in [2.75, 3.05) is 11.0 Å². The van der Waals surface area contributed by atoms with E-state index in [4.69, 9.17) is 14.2 Å². The Morgan fingerprint density at radius 2 is 1.24 bits per heavy atom. The molecule has 4 rings (SSSR count). The van der Waals surface area contributed by atoms with Crippen LogP contribution in [-0.4, -0.2) is 47.3 Å². The number of nitrogens with one attached hydrogen (secondary N) is 2. The number of hydrogen-bond donors (Lipinski definition) is 2. The average molecular weight is 615 g/mol. The fourth-order valence-electron chi connectivity index (χ4n) is 4.66. The van der Waals surface area contributed by atoms with Crippen LogP contribution in [0.4, 0.5) is 0 Å². The fourth-order valence-corrected chi connectivity index (χ4v) is 5.46. The van der Waals surface area contributed by atoms with E-state index in [9.17, 15) is 4.79 Å². The van der Waals surface area contributed by atoms with Crippen molar-refractivity contribution in [3.05, 3.63) is 108 Å². The van der Waals surface area contributed by atoms with E-state index < -0.39 is 0 Å². The van der Waals surface area contributed by atoms with Gasteiger partial charge in [-0.15, -0.1) is 0 Å².